The summed E-state index contributed by atoms with van der Waals surface area (Å²) in [5.41, 5.74) is 0. The number of carbonyl (C=O) groups is 1. The summed E-state index contributed by atoms with van der Waals surface area (Å²) in [6.45, 7) is 7.65. The molecule has 8 heteroatoms. The first-order valence-electron chi connectivity index (χ1n) is 9.67. The normalized spacial score (nSPS) is 20.6. The smallest absolute Gasteiger partial charge is 0.289 e. The number of piperazine rings is 1. The molecule has 2 saturated heterocycles. The van der Waals surface area contributed by atoms with Gasteiger partial charge in [-0.3, -0.25) is 9.79 Å². The highest BCUT2D eigenvalue weighted by molar-refractivity contribution is 8.00. The van der Waals surface area contributed by atoms with Gasteiger partial charge in [0.2, 0.25) is 0 Å². The van der Waals surface area contributed by atoms with E-state index in [2.05, 4.69) is 22.1 Å². The lowest BCUT2D eigenvalue weighted by Crippen LogP contribution is -2.55. The molecule has 3 heterocycles. The highest BCUT2D eigenvalue weighted by Crippen LogP contribution is 2.34. The van der Waals surface area contributed by atoms with Crippen LogP contribution >= 0.6 is 11.8 Å². The summed E-state index contributed by atoms with van der Waals surface area (Å²) in [6, 6.07) is 3.46. The predicted molar refractivity (Wildman–Crippen MR) is 108 cm³/mol. The van der Waals surface area contributed by atoms with E-state index in [-0.39, 0.29) is 10.7 Å². The fourth-order valence-corrected chi connectivity index (χ4v) is 4.91. The van der Waals surface area contributed by atoms with Crippen molar-refractivity contribution >= 4 is 23.6 Å². The molecule has 0 spiro atoms. The van der Waals surface area contributed by atoms with Gasteiger partial charge in [-0.25, -0.2) is 0 Å². The Morgan fingerprint density at radius 2 is 1.96 bits per heavy atom. The van der Waals surface area contributed by atoms with Gasteiger partial charge in [-0.15, -0.1) is 0 Å². The summed E-state index contributed by atoms with van der Waals surface area (Å²) in [7, 11) is 1.83. The number of guanidine groups is 1. The number of hydrogen-bond donors (Lipinski definition) is 1. The lowest BCUT2D eigenvalue weighted by molar-refractivity contribution is 0.0656. The zero-order valence-electron chi connectivity index (χ0n) is 16.3. The van der Waals surface area contributed by atoms with Crippen LogP contribution in [0.15, 0.2) is 27.8 Å². The average Bonchev–Trinajstić information content (AvgIpc) is 3.24. The number of hydrogen-bond acceptors (Lipinski definition) is 5. The second-order valence-corrected chi connectivity index (χ2v) is 8.62. The Kier molecular flexibility index (Phi) is 7.07. The molecule has 0 atom stereocenters. The molecule has 0 aliphatic carbocycles. The van der Waals surface area contributed by atoms with Crippen LogP contribution in [-0.4, -0.2) is 85.2 Å². The van der Waals surface area contributed by atoms with Crippen molar-refractivity contribution in [3.8, 4) is 0 Å². The molecule has 7 nitrogen and oxygen atoms in total. The first-order valence-corrected chi connectivity index (χ1v) is 10.7. The van der Waals surface area contributed by atoms with Gasteiger partial charge in [-0.2, -0.15) is 11.8 Å². The maximum atomic E-state index is 12.4. The number of furan rings is 1. The first-order chi connectivity index (χ1) is 13.2. The molecule has 150 valence electrons. The lowest BCUT2D eigenvalue weighted by Gasteiger charge is -2.40. The topological polar surface area (TPSA) is 70.3 Å². The fraction of sp³-hybridized carbons (Fsp3) is 0.684. The van der Waals surface area contributed by atoms with E-state index in [0.29, 0.717) is 18.8 Å². The van der Waals surface area contributed by atoms with Crippen LogP contribution in [0.3, 0.4) is 0 Å². The minimum Gasteiger partial charge on any atom is -0.459 e. The number of rotatable bonds is 5. The minimum absolute atomic E-state index is 0.0388. The van der Waals surface area contributed by atoms with Crippen LogP contribution in [0.1, 0.15) is 30.3 Å². The first kappa shape index (κ1) is 20.1. The predicted octanol–water partition coefficient (Wildman–Crippen LogP) is 1.92. The molecular formula is C19H30N4O3S. The van der Waals surface area contributed by atoms with E-state index in [0.717, 1.165) is 57.4 Å². The molecule has 27 heavy (non-hydrogen) atoms. The van der Waals surface area contributed by atoms with Crippen molar-refractivity contribution in [2.24, 2.45) is 4.99 Å². The molecule has 1 amide bonds. The summed E-state index contributed by atoms with van der Waals surface area (Å²) in [5, 5.41) is 3.58. The number of amides is 1. The summed E-state index contributed by atoms with van der Waals surface area (Å²) < 4.78 is 11.0. The lowest BCUT2D eigenvalue weighted by atomic mass is 9.99. The summed E-state index contributed by atoms with van der Waals surface area (Å²) in [6.07, 6.45) is 3.68. The Labute approximate surface area is 165 Å². The highest BCUT2D eigenvalue weighted by atomic mass is 32.2. The van der Waals surface area contributed by atoms with Crippen molar-refractivity contribution in [3.63, 3.8) is 0 Å². The SMILES string of the molecule is CCSC1(CNC(=NC)N2CCN(C(=O)c3ccco3)CC2)CCOCC1. The van der Waals surface area contributed by atoms with Crippen molar-refractivity contribution < 1.29 is 13.9 Å². The van der Waals surface area contributed by atoms with Crippen molar-refractivity contribution in [3.05, 3.63) is 24.2 Å². The van der Waals surface area contributed by atoms with Crippen molar-refractivity contribution in [1.82, 2.24) is 15.1 Å². The second kappa shape index (κ2) is 9.50. The zero-order chi connectivity index (χ0) is 19.1. The van der Waals surface area contributed by atoms with Gasteiger partial charge < -0.3 is 24.3 Å². The zero-order valence-corrected chi connectivity index (χ0v) is 17.1. The van der Waals surface area contributed by atoms with Crippen LogP contribution in [0.25, 0.3) is 0 Å². The molecule has 2 aliphatic heterocycles. The van der Waals surface area contributed by atoms with E-state index in [1.165, 1.54) is 6.26 Å². The average molecular weight is 395 g/mol. The molecule has 1 aromatic rings. The maximum absolute atomic E-state index is 12.4. The number of nitrogens with zero attached hydrogens (tertiary/aromatic N) is 3. The third-order valence-corrected chi connectivity index (χ3v) is 6.69. The Hall–Kier alpha value is -1.67. The standard InChI is InChI=1S/C19H30N4O3S/c1-3-27-19(6-13-25-14-7-19)15-21-18(20-2)23-10-8-22(9-11-23)17(24)16-5-4-12-26-16/h4-5,12H,3,6-11,13-15H2,1-2H3,(H,20,21). The third-order valence-electron chi connectivity index (χ3n) is 5.23. The largest absolute Gasteiger partial charge is 0.459 e. The molecule has 0 bridgehead atoms. The van der Waals surface area contributed by atoms with Gasteiger partial charge in [0.25, 0.3) is 5.91 Å². The van der Waals surface area contributed by atoms with Gasteiger partial charge in [0.1, 0.15) is 0 Å². The summed E-state index contributed by atoms with van der Waals surface area (Å²) >= 11 is 2.02. The number of ether oxygens (including phenoxy) is 1. The van der Waals surface area contributed by atoms with Crippen LogP contribution in [0, 0.1) is 0 Å². The summed E-state index contributed by atoms with van der Waals surface area (Å²) in [5.74, 6) is 2.39. The molecule has 3 rings (SSSR count). The molecule has 0 saturated carbocycles. The van der Waals surface area contributed by atoms with Gasteiger partial charge in [0.15, 0.2) is 11.7 Å². The molecule has 0 radical (unpaired) electrons. The van der Waals surface area contributed by atoms with Crippen molar-refractivity contribution in [2.45, 2.75) is 24.5 Å². The Bertz CT molecular complexity index is 615. The van der Waals surface area contributed by atoms with E-state index in [4.69, 9.17) is 9.15 Å². The van der Waals surface area contributed by atoms with Gasteiger partial charge >= 0.3 is 0 Å². The Morgan fingerprint density at radius 1 is 1.26 bits per heavy atom. The molecule has 1 N–H and O–H groups in total. The number of aliphatic imine (C=N–C) groups is 1. The van der Waals surface area contributed by atoms with Crippen LogP contribution in [0.2, 0.25) is 0 Å². The van der Waals surface area contributed by atoms with Gasteiger partial charge in [-0.1, -0.05) is 6.92 Å². The van der Waals surface area contributed by atoms with Gasteiger partial charge in [0, 0.05) is 57.7 Å². The minimum atomic E-state index is -0.0388. The van der Waals surface area contributed by atoms with E-state index in [1.807, 2.05) is 23.7 Å². The number of thioether (sulfide) groups is 1. The summed E-state index contributed by atoms with van der Waals surface area (Å²) in [4.78, 5) is 21.0. The van der Waals surface area contributed by atoms with E-state index in [9.17, 15) is 4.79 Å². The fourth-order valence-electron chi connectivity index (χ4n) is 3.67. The highest BCUT2D eigenvalue weighted by Gasteiger charge is 2.33. The van der Waals surface area contributed by atoms with Gasteiger partial charge in [-0.05, 0) is 30.7 Å². The van der Waals surface area contributed by atoms with Crippen LogP contribution in [0.5, 0.6) is 0 Å². The molecular weight excluding hydrogens is 364 g/mol. The van der Waals surface area contributed by atoms with Crippen LogP contribution in [-0.2, 0) is 4.74 Å². The molecule has 2 aliphatic rings. The van der Waals surface area contributed by atoms with Gasteiger partial charge in [0.05, 0.1) is 6.26 Å². The Morgan fingerprint density at radius 3 is 2.56 bits per heavy atom. The van der Waals surface area contributed by atoms with Crippen LogP contribution < -0.4 is 5.32 Å². The van der Waals surface area contributed by atoms with E-state index < -0.39 is 0 Å². The second-order valence-electron chi connectivity index (χ2n) is 6.89. The maximum Gasteiger partial charge on any atom is 0.289 e. The van der Waals surface area contributed by atoms with Crippen molar-refractivity contribution in [2.75, 3.05) is 58.7 Å². The molecule has 0 aromatic carbocycles. The molecule has 1 aromatic heterocycles. The third kappa shape index (κ3) is 4.99. The Balaban J connectivity index is 1.52. The number of carbonyl (C=O) groups excluding carboxylic acids is 1. The quantitative estimate of drug-likeness (QED) is 0.608. The monoisotopic (exact) mass is 394 g/mol. The van der Waals surface area contributed by atoms with Crippen LogP contribution in [0.4, 0.5) is 0 Å². The van der Waals surface area contributed by atoms with E-state index >= 15 is 0 Å². The molecule has 2 fully saturated rings. The van der Waals surface area contributed by atoms with Crippen molar-refractivity contribution in [1.29, 1.82) is 0 Å². The molecule has 0 unspecified atom stereocenters. The number of nitrogens with one attached hydrogen (secondary N) is 1. The van der Waals surface area contributed by atoms with E-state index in [1.54, 1.807) is 12.1 Å².